The molecule has 0 N–H and O–H groups in total. The van der Waals surface area contributed by atoms with Gasteiger partial charge in [0.1, 0.15) is 18.4 Å². The summed E-state index contributed by atoms with van der Waals surface area (Å²) in [5.41, 5.74) is 1.05. The molecule has 3 rings (SSSR count). The van der Waals surface area contributed by atoms with E-state index in [1.54, 1.807) is 12.7 Å². The van der Waals surface area contributed by atoms with Gasteiger partial charge in [-0.05, 0) is 37.8 Å². The van der Waals surface area contributed by atoms with Gasteiger partial charge >= 0.3 is 0 Å². The van der Waals surface area contributed by atoms with Crippen LogP contribution in [0, 0.1) is 6.92 Å². The summed E-state index contributed by atoms with van der Waals surface area (Å²) >= 11 is 0. The molecule has 1 aromatic carbocycles. The van der Waals surface area contributed by atoms with E-state index >= 15 is 0 Å². The molecule has 0 bridgehead atoms. The molecule has 1 fully saturated rings. The molecule has 0 saturated carbocycles. The summed E-state index contributed by atoms with van der Waals surface area (Å²) in [6, 6.07) is 8.15. The van der Waals surface area contributed by atoms with Gasteiger partial charge in [0.25, 0.3) is 5.91 Å². The number of nitrogens with zero attached hydrogens (tertiary/aromatic N) is 4. The molecule has 6 nitrogen and oxygen atoms in total. The number of aryl methyl sites for hydroxylation is 1. The third-order valence-electron chi connectivity index (χ3n) is 4.60. The van der Waals surface area contributed by atoms with Crippen molar-refractivity contribution in [3.63, 3.8) is 0 Å². The lowest BCUT2D eigenvalue weighted by molar-refractivity contribution is -0.140. The molecule has 0 radical (unpaired) electrons. The van der Waals surface area contributed by atoms with Crippen LogP contribution in [0.15, 0.2) is 36.9 Å². The molecule has 1 amide bonds. The lowest BCUT2D eigenvalue weighted by Gasteiger charge is -2.34. The predicted molar refractivity (Wildman–Crippen MR) is 90.8 cm³/mol. The average molecular weight is 328 g/mol. The van der Waals surface area contributed by atoms with E-state index in [2.05, 4.69) is 10.1 Å². The molecule has 6 heteroatoms. The highest BCUT2D eigenvalue weighted by Crippen LogP contribution is 2.24. The van der Waals surface area contributed by atoms with Gasteiger partial charge in [0.05, 0.1) is 6.04 Å². The van der Waals surface area contributed by atoms with E-state index in [4.69, 9.17) is 4.74 Å². The van der Waals surface area contributed by atoms with Crippen LogP contribution in [0.25, 0.3) is 0 Å². The van der Waals surface area contributed by atoms with Crippen LogP contribution < -0.4 is 4.74 Å². The van der Waals surface area contributed by atoms with Crippen molar-refractivity contribution in [1.29, 1.82) is 0 Å². The first-order valence-corrected chi connectivity index (χ1v) is 8.54. The molecule has 24 heavy (non-hydrogen) atoms. The summed E-state index contributed by atoms with van der Waals surface area (Å²) in [4.78, 5) is 18.7. The first-order chi connectivity index (χ1) is 11.7. The standard InChI is InChI=1S/C18H24N4O2/c1-3-16(24-17-7-5-4-6-14(17)2)18(23)21-10-8-15(9-11-21)22-13-19-12-20-22/h4-7,12-13,15-16H,3,8-11H2,1-2H3/t16-/m1/s1. The Hall–Kier alpha value is -2.37. The summed E-state index contributed by atoms with van der Waals surface area (Å²) in [7, 11) is 0. The van der Waals surface area contributed by atoms with Crippen LogP contribution in [-0.2, 0) is 4.79 Å². The molecular weight excluding hydrogens is 304 g/mol. The van der Waals surface area contributed by atoms with Gasteiger partial charge in [-0.1, -0.05) is 25.1 Å². The number of amides is 1. The summed E-state index contributed by atoms with van der Waals surface area (Å²) < 4.78 is 7.88. The Morgan fingerprint density at radius 3 is 2.71 bits per heavy atom. The zero-order valence-electron chi connectivity index (χ0n) is 14.3. The van der Waals surface area contributed by atoms with Crippen LogP contribution in [-0.4, -0.2) is 44.8 Å². The second-order valence-corrected chi connectivity index (χ2v) is 6.21. The maximum Gasteiger partial charge on any atom is 0.263 e. The fourth-order valence-electron chi connectivity index (χ4n) is 3.11. The number of aromatic nitrogens is 3. The van der Waals surface area contributed by atoms with E-state index < -0.39 is 6.10 Å². The van der Waals surface area contributed by atoms with Crippen molar-refractivity contribution >= 4 is 5.91 Å². The number of rotatable bonds is 5. The predicted octanol–water partition coefficient (Wildman–Crippen LogP) is 2.61. The number of piperidine rings is 1. The van der Waals surface area contributed by atoms with E-state index in [0.717, 1.165) is 37.2 Å². The monoisotopic (exact) mass is 328 g/mol. The minimum atomic E-state index is -0.422. The smallest absolute Gasteiger partial charge is 0.263 e. The second-order valence-electron chi connectivity index (χ2n) is 6.21. The molecule has 0 unspecified atom stereocenters. The van der Waals surface area contributed by atoms with Crippen molar-refractivity contribution in [3.8, 4) is 5.75 Å². The topological polar surface area (TPSA) is 60.2 Å². The maximum absolute atomic E-state index is 12.8. The number of hydrogen-bond acceptors (Lipinski definition) is 4. The lowest BCUT2D eigenvalue weighted by Crippen LogP contribution is -2.46. The fraction of sp³-hybridized carbons (Fsp3) is 0.500. The molecule has 2 heterocycles. The third kappa shape index (κ3) is 3.58. The molecular formula is C18H24N4O2. The Labute approximate surface area is 142 Å². The van der Waals surface area contributed by atoms with Crippen molar-refractivity contribution in [2.45, 2.75) is 45.3 Å². The average Bonchev–Trinajstić information content (AvgIpc) is 3.15. The van der Waals surface area contributed by atoms with Crippen molar-refractivity contribution in [2.24, 2.45) is 0 Å². The van der Waals surface area contributed by atoms with Crippen LogP contribution in [0.2, 0.25) is 0 Å². The minimum Gasteiger partial charge on any atom is -0.480 e. The van der Waals surface area contributed by atoms with Crippen LogP contribution in [0.1, 0.15) is 37.8 Å². The molecule has 1 aliphatic heterocycles. The van der Waals surface area contributed by atoms with Crippen molar-refractivity contribution in [2.75, 3.05) is 13.1 Å². The largest absolute Gasteiger partial charge is 0.480 e. The fourth-order valence-corrected chi connectivity index (χ4v) is 3.11. The molecule has 1 atom stereocenters. The van der Waals surface area contributed by atoms with Crippen molar-refractivity contribution < 1.29 is 9.53 Å². The van der Waals surface area contributed by atoms with Gasteiger partial charge in [-0.15, -0.1) is 0 Å². The van der Waals surface area contributed by atoms with Gasteiger partial charge in [-0.3, -0.25) is 4.79 Å². The van der Waals surface area contributed by atoms with E-state index in [9.17, 15) is 4.79 Å². The van der Waals surface area contributed by atoms with Crippen molar-refractivity contribution in [1.82, 2.24) is 19.7 Å². The highest BCUT2D eigenvalue weighted by Gasteiger charge is 2.29. The number of carbonyl (C=O) groups is 1. The van der Waals surface area contributed by atoms with Crippen LogP contribution in [0.5, 0.6) is 5.75 Å². The highest BCUT2D eigenvalue weighted by molar-refractivity contribution is 5.81. The zero-order chi connectivity index (χ0) is 16.9. The minimum absolute atomic E-state index is 0.0813. The molecule has 2 aromatic rings. The highest BCUT2D eigenvalue weighted by atomic mass is 16.5. The molecule has 128 valence electrons. The Morgan fingerprint density at radius 2 is 2.08 bits per heavy atom. The number of benzene rings is 1. The number of para-hydroxylation sites is 1. The quantitative estimate of drug-likeness (QED) is 0.846. The first-order valence-electron chi connectivity index (χ1n) is 8.54. The maximum atomic E-state index is 12.8. The van der Waals surface area contributed by atoms with Crippen LogP contribution in [0.4, 0.5) is 0 Å². The van der Waals surface area contributed by atoms with Gasteiger partial charge in [0.2, 0.25) is 0 Å². The second kappa shape index (κ2) is 7.47. The van der Waals surface area contributed by atoms with E-state index in [-0.39, 0.29) is 5.91 Å². The molecule has 0 aliphatic carbocycles. The number of carbonyl (C=O) groups excluding carboxylic acids is 1. The van der Waals surface area contributed by atoms with Gasteiger partial charge in [0.15, 0.2) is 6.10 Å². The van der Waals surface area contributed by atoms with Gasteiger partial charge in [-0.2, -0.15) is 5.10 Å². The Morgan fingerprint density at radius 1 is 1.33 bits per heavy atom. The van der Waals surface area contributed by atoms with E-state index in [0.29, 0.717) is 12.5 Å². The number of ether oxygens (including phenoxy) is 1. The van der Waals surface area contributed by atoms with E-state index in [1.807, 2.05) is 47.7 Å². The zero-order valence-corrected chi connectivity index (χ0v) is 14.3. The van der Waals surface area contributed by atoms with Gasteiger partial charge in [-0.25, -0.2) is 9.67 Å². The number of likely N-dealkylation sites (tertiary alicyclic amines) is 1. The Balaban J connectivity index is 1.60. The van der Waals surface area contributed by atoms with Crippen molar-refractivity contribution in [3.05, 3.63) is 42.5 Å². The Kier molecular flexibility index (Phi) is 5.13. The summed E-state index contributed by atoms with van der Waals surface area (Å²) in [6.07, 6.45) is 5.34. The molecule has 1 aliphatic rings. The molecule has 1 aromatic heterocycles. The van der Waals surface area contributed by atoms with Crippen LogP contribution in [0.3, 0.4) is 0 Å². The lowest BCUT2D eigenvalue weighted by atomic mass is 10.0. The summed E-state index contributed by atoms with van der Waals surface area (Å²) in [5.74, 6) is 0.869. The third-order valence-corrected chi connectivity index (χ3v) is 4.60. The van der Waals surface area contributed by atoms with E-state index in [1.165, 1.54) is 0 Å². The van der Waals surface area contributed by atoms with Gasteiger partial charge < -0.3 is 9.64 Å². The molecule has 1 saturated heterocycles. The molecule has 0 spiro atoms. The van der Waals surface area contributed by atoms with Gasteiger partial charge in [0, 0.05) is 13.1 Å². The SMILES string of the molecule is CC[C@@H](Oc1ccccc1C)C(=O)N1CCC(n2cncn2)CC1. The normalized spacial score (nSPS) is 16.8. The summed E-state index contributed by atoms with van der Waals surface area (Å²) in [5, 5.41) is 4.20. The summed E-state index contributed by atoms with van der Waals surface area (Å²) in [6.45, 7) is 5.45. The number of hydrogen-bond donors (Lipinski definition) is 0. The Bertz CT molecular complexity index is 663. The first kappa shape index (κ1) is 16.5. The van der Waals surface area contributed by atoms with Crippen LogP contribution >= 0.6 is 0 Å².